The molecular weight excluding hydrogens is 387 g/mol. The maximum Gasteiger partial charge on any atom is 0.418 e. The van der Waals surface area contributed by atoms with Gasteiger partial charge in [-0.05, 0) is 43.2 Å². The number of anilines is 1. The number of thioether (sulfide) groups is 1. The highest BCUT2D eigenvalue weighted by molar-refractivity contribution is 7.99. The summed E-state index contributed by atoms with van der Waals surface area (Å²) in [4.78, 5) is 16.5. The maximum atomic E-state index is 13.0. The third kappa shape index (κ3) is 4.56. The minimum atomic E-state index is -4.53. The zero-order valence-electron chi connectivity index (χ0n) is 15.2. The average Bonchev–Trinajstić information content (AvgIpc) is 3.10. The lowest BCUT2D eigenvalue weighted by Crippen LogP contribution is -2.18. The van der Waals surface area contributed by atoms with Gasteiger partial charge in [-0.3, -0.25) is 9.36 Å². The standard InChI is InChI=1S/C20H18F3N3OS/c1-13-7-8-14(2)17(11-13)26-10-9-24-19(26)28-12-18(27)25-16-6-4-3-5-15(16)20(21,22)23/h3-11H,12H2,1-2H3,(H,25,27). The van der Waals surface area contributed by atoms with Gasteiger partial charge in [-0.1, -0.05) is 36.0 Å². The average molecular weight is 405 g/mol. The number of para-hydroxylation sites is 1. The molecule has 0 aliphatic rings. The fraction of sp³-hybridized carbons (Fsp3) is 0.200. The Morgan fingerprint density at radius 2 is 1.93 bits per heavy atom. The van der Waals surface area contributed by atoms with Gasteiger partial charge in [0.05, 0.1) is 22.7 Å². The number of nitrogens with one attached hydrogen (secondary N) is 1. The van der Waals surface area contributed by atoms with Gasteiger partial charge in [0.2, 0.25) is 5.91 Å². The topological polar surface area (TPSA) is 46.9 Å². The molecule has 3 aromatic rings. The molecule has 0 saturated carbocycles. The number of imidazole rings is 1. The van der Waals surface area contributed by atoms with Crippen molar-refractivity contribution < 1.29 is 18.0 Å². The number of rotatable bonds is 5. The molecule has 0 aliphatic carbocycles. The number of aryl methyl sites for hydroxylation is 2. The number of benzene rings is 2. The second kappa shape index (κ2) is 8.10. The van der Waals surface area contributed by atoms with Crippen LogP contribution in [-0.2, 0) is 11.0 Å². The summed E-state index contributed by atoms with van der Waals surface area (Å²) in [5.74, 6) is -0.592. The molecule has 1 N–H and O–H groups in total. The number of carbonyl (C=O) groups is 1. The number of hydrogen-bond donors (Lipinski definition) is 1. The van der Waals surface area contributed by atoms with Crippen molar-refractivity contribution in [2.75, 3.05) is 11.1 Å². The number of hydrogen-bond acceptors (Lipinski definition) is 3. The monoisotopic (exact) mass is 405 g/mol. The van der Waals surface area contributed by atoms with Crippen LogP contribution < -0.4 is 5.32 Å². The lowest BCUT2D eigenvalue weighted by atomic mass is 10.1. The Balaban J connectivity index is 1.72. The van der Waals surface area contributed by atoms with E-state index in [0.29, 0.717) is 5.16 Å². The van der Waals surface area contributed by atoms with Gasteiger partial charge in [-0.25, -0.2) is 4.98 Å². The van der Waals surface area contributed by atoms with Gasteiger partial charge in [0.15, 0.2) is 5.16 Å². The van der Waals surface area contributed by atoms with E-state index in [2.05, 4.69) is 10.3 Å². The van der Waals surface area contributed by atoms with Gasteiger partial charge < -0.3 is 5.32 Å². The first-order valence-corrected chi connectivity index (χ1v) is 9.44. The van der Waals surface area contributed by atoms with Crippen molar-refractivity contribution in [3.05, 3.63) is 71.5 Å². The lowest BCUT2D eigenvalue weighted by molar-refractivity contribution is -0.137. The number of alkyl halides is 3. The van der Waals surface area contributed by atoms with Crippen molar-refractivity contribution in [1.29, 1.82) is 0 Å². The SMILES string of the molecule is Cc1ccc(C)c(-n2ccnc2SCC(=O)Nc2ccccc2C(F)(F)F)c1. The Morgan fingerprint density at radius 3 is 2.68 bits per heavy atom. The van der Waals surface area contributed by atoms with Gasteiger partial charge in [0.25, 0.3) is 0 Å². The Morgan fingerprint density at radius 1 is 1.18 bits per heavy atom. The quantitative estimate of drug-likeness (QED) is 0.591. The molecule has 1 amide bonds. The van der Waals surface area contributed by atoms with Crippen molar-refractivity contribution >= 4 is 23.4 Å². The number of amides is 1. The van der Waals surface area contributed by atoms with Crippen LogP contribution in [0.25, 0.3) is 5.69 Å². The van der Waals surface area contributed by atoms with E-state index in [4.69, 9.17) is 0 Å². The van der Waals surface area contributed by atoms with Gasteiger partial charge in [-0.2, -0.15) is 13.2 Å². The van der Waals surface area contributed by atoms with Gasteiger partial charge >= 0.3 is 6.18 Å². The third-order valence-corrected chi connectivity index (χ3v) is 5.04. The third-order valence-electron chi connectivity index (χ3n) is 4.07. The van der Waals surface area contributed by atoms with Crippen molar-refractivity contribution in [1.82, 2.24) is 9.55 Å². The minimum Gasteiger partial charge on any atom is -0.325 e. The predicted octanol–water partition coefficient (Wildman–Crippen LogP) is 5.24. The molecule has 0 radical (unpaired) electrons. The zero-order chi connectivity index (χ0) is 20.3. The number of nitrogens with zero attached hydrogens (tertiary/aromatic N) is 2. The highest BCUT2D eigenvalue weighted by Gasteiger charge is 2.33. The first-order valence-electron chi connectivity index (χ1n) is 8.45. The van der Waals surface area contributed by atoms with E-state index in [1.54, 1.807) is 12.4 Å². The largest absolute Gasteiger partial charge is 0.418 e. The van der Waals surface area contributed by atoms with E-state index in [0.717, 1.165) is 34.6 Å². The van der Waals surface area contributed by atoms with Crippen LogP contribution >= 0.6 is 11.8 Å². The van der Waals surface area contributed by atoms with Crippen LogP contribution in [0.3, 0.4) is 0 Å². The van der Waals surface area contributed by atoms with Gasteiger partial charge in [0, 0.05) is 12.4 Å². The smallest absolute Gasteiger partial charge is 0.325 e. The van der Waals surface area contributed by atoms with E-state index in [1.165, 1.54) is 18.2 Å². The summed E-state index contributed by atoms with van der Waals surface area (Å²) < 4.78 is 41.0. The van der Waals surface area contributed by atoms with Gasteiger partial charge in [-0.15, -0.1) is 0 Å². The van der Waals surface area contributed by atoms with Crippen molar-refractivity contribution in [2.24, 2.45) is 0 Å². The van der Waals surface area contributed by atoms with Crippen molar-refractivity contribution in [3.8, 4) is 5.69 Å². The first-order chi connectivity index (χ1) is 13.3. The normalized spacial score (nSPS) is 11.5. The summed E-state index contributed by atoms with van der Waals surface area (Å²) in [6.45, 7) is 3.96. The summed E-state index contributed by atoms with van der Waals surface area (Å²) in [5, 5.41) is 2.93. The molecule has 1 heterocycles. The van der Waals surface area contributed by atoms with Crippen LogP contribution in [0.5, 0.6) is 0 Å². The van der Waals surface area contributed by atoms with E-state index < -0.39 is 17.6 Å². The summed E-state index contributed by atoms with van der Waals surface area (Å²) in [6, 6.07) is 10.9. The van der Waals surface area contributed by atoms with Crippen LogP contribution in [0.2, 0.25) is 0 Å². The number of halogens is 3. The molecule has 0 saturated heterocycles. The van der Waals surface area contributed by atoms with Crippen LogP contribution in [-0.4, -0.2) is 21.2 Å². The lowest BCUT2D eigenvalue weighted by Gasteiger charge is -2.14. The second-order valence-corrected chi connectivity index (χ2v) is 7.19. The Bertz CT molecular complexity index is 998. The maximum absolute atomic E-state index is 13.0. The van der Waals surface area contributed by atoms with Crippen LogP contribution in [0.15, 0.2) is 60.0 Å². The summed E-state index contributed by atoms with van der Waals surface area (Å²) in [6.07, 6.45) is -1.11. The molecule has 8 heteroatoms. The fourth-order valence-corrected chi connectivity index (χ4v) is 3.48. The Labute approximate surface area is 164 Å². The van der Waals surface area contributed by atoms with E-state index in [9.17, 15) is 18.0 Å². The highest BCUT2D eigenvalue weighted by Crippen LogP contribution is 2.34. The van der Waals surface area contributed by atoms with Crippen LogP contribution in [0.1, 0.15) is 16.7 Å². The molecule has 3 rings (SSSR count). The highest BCUT2D eigenvalue weighted by atomic mass is 32.2. The van der Waals surface area contributed by atoms with Crippen molar-refractivity contribution in [2.45, 2.75) is 25.2 Å². The zero-order valence-corrected chi connectivity index (χ0v) is 16.1. The van der Waals surface area contributed by atoms with Crippen LogP contribution in [0, 0.1) is 13.8 Å². The molecule has 0 aliphatic heterocycles. The molecular formula is C20H18F3N3OS. The molecule has 0 bridgehead atoms. The summed E-state index contributed by atoms with van der Waals surface area (Å²) in [7, 11) is 0. The Hall–Kier alpha value is -2.74. The van der Waals surface area contributed by atoms with E-state index in [1.807, 2.05) is 36.6 Å². The second-order valence-electron chi connectivity index (χ2n) is 6.25. The molecule has 146 valence electrons. The summed E-state index contributed by atoms with van der Waals surface area (Å²) in [5.41, 5.74) is 1.97. The molecule has 0 fully saturated rings. The fourth-order valence-electron chi connectivity index (χ4n) is 2.71. The molecule has 2 aromatic carbocycles. The number of carbonyl (C=O) groups excluding carboxylic acids is 1. The molecule has 0 atom stereocenters. The Kier molecular flexibility index (Phi) is 5.79. The van der Waals surface area contributed by atoms with E-state index >= 15 is 0 Å². The van der Waals surface area contributed by atoms with Gasteiger partial charge in [0.1, 0.15) is 0 Å². The van der Waals surface area contributed by atoms with Crippen LogP contribution in [0.4, 0.5) is 18.9 Å². The molecule has 28 heavy (non-hydrogen) atoms. The molecule has 4 nitrogen and oxygen atoms in total. The molecule has 0 unspecified atom stereocenters. The number of aromatic nitrogens is 2. The molecule has 0 spiro atoms. The van der Waals surface area contributed by atoms with Crippen molar-refractivity contribution in [3.63, 3.8) is 0 Å². The summed E-state index contributed by atoms with van der Waals surface area (Å²) >= 11 is 1.16. The minimum absolute atomic E-state index is 0.0614. The molecule has 1 aromatic heterocycles. The predicted molar refractivity (Wildman–Crippen MR) is 104 cm³/mol. The van der Waals surface area contributed by atoms with E-state index in [-0.39, 0.29) is 11.4 Å². The first kappa shape index (κ1) is 20.0.